The van der Waals surface area contributed by atoms with E-state index in [1.165, 1.54) is 0 Å². The molecule has 130 valence electrons. The van der Waals surface area contributed by atoms with Gasteiger partial charge in [0.1, 0.15) is 5.82 Å². The van der Waals surface area contributed by atoms with Gasteiger partial charge in [-0.05, 0) is 19.8 Å². The van der Waals surface area contributed by atoms with E-state index < -0.39 is 23.3 Å². The van der Waals surface area contributed by atoms with Crippen LogP contribution in [0.25, 0.3) is 5.78 Å². The molecule has 0 aromatic carbocycles. The molecule has 2 aromatic heterocycles. The van der Waals surface area contributed by atoms with Crippen molar-refractivity contribution in [2.75, 3.05) is 11.9 Å². The number of primary amides is 1. The van der Waals surface area contributed by atoms with E-state index in [4.69, 9.17) is 5.73 Å². The third-order valence-corrected chi connectivity index (χ3v) is 4.39. The van der Waals surface area contributed by atoms with Crippen molar-refractivity contribution < 1.29 is 18.0 Å². The van der Waals surface area contributed by atoms with Gasteiger partial charge in [-0.3, -0.25) is 4.79 Å². The van der Waals surface area contributed by atoms with Crippen molar-refractivity contribution in [2.45, 2.75) is 38.8 Å². The summed E-state index contributed by atoms with van der Waals surface area (Å²) in [5.74, 6) is -1.50. The third kappa shape index (κ3) is 2.87. The van der Waals surface area contributed by atoms with E-state index in [-0.39, 0.29) is 12.3 Å². The largest absolute Gasteiger partial charge is 0.453 e. The van der Waals surface area contributed by atoms with Gasteiger partial charge in [0.15, 0.2) is 0 Å². The van der Waals surface area contributed by atoms with Crippen LogP contribution in [0.2, 0.25) is 0 Å². The van der Waals surface area contributed by atoms with Crippen LogP contribution >= 0.6 is 0 Å². The van der Waals surface area contributed by atoms with E-state index in [2.05, 4.69) is 20.4 Å². The summed E-state index contributed by atoms with van der Waals surface area (Å²) in [5, 5.41) is 6.49. The molecule has 3 N–H and O–H groups in total. The van der Waals surface area contributed by atoms with E-state index in [0.717, 1.165) is 17.4 Å². The van der Waals surface area contributed by atoms with Gasteiger partial charge in [-0.25, -0.2) is 4.98 Å². The highest BCUT2D eigenvalue weighted by Gasteiger charge is 2.40. The molecule has 7 nitrogen and oxygen atoms in total. The Morgan fingerprint density at radius 1 is 1.38 bits per heavy atom. The van der Waals surface area contributed by atoms with E-state index >= 15 is 0 Å². The lowest BCUT2D eigenvalue weighted by Gasteiger charge is -2.25. The fraction of sp³-hybridized carbons (Fsp3) is 0.571. The fourth-order valence-corrected chi connectivity index (χ4v) is 3.05. The van der Waals surface area contributed by atoms with Gasteiger partial charge in [0.25, 0.3) is 11.6 Å². The van der Waals surface area contributed by atoms with Gasteiger partial charge in [0, 0.05) is 18.3 Å². The number of nitrogens with two attached hydrogens (primary N) is 1. The molecule has 1 saturated carbocycles. The molecule has 2 aromatic rings. The van der Waals surface area contributed by atoms with Crippen molar-refractivity contribution in [3.05, 3.63) is 17.6 Å². The monoisotopic (exact) mass is 342 g/mol. The summed E-state index contributed by atoms with van der Waals surface area (Å²) in [5.41, 5.74) is 5.33. The van der Waals surface area contributed by atoms with Gasteiger partial charge >= 0.3 is 6.18 Å². The maximum absolute atomic E-state index is 12.8. The van der Waals surface area contributed by atoms with Gasteiger partial charge in [-0.15, -0.1) is 5.10 Å². The van der Waals surface area contributed by atoms with E-state index in [0.29, 0.717) is 24.4 Å². The summed E-state index contributed by atoms with van der Waals surface area (Å²) >= 11 is 0. The number of fused-ring (bicyclic) bond motifs is 1. The second-order valence-corrected chi connectivity index (χ2v) is 6.13. The molecule has 24 heavy (non-hydrogen) atoms. The van der Waals surface area contributed by atoms with Gasteiger partial charge in [0.2, 0.25) is 5.91 Å². The molecule has 0 unspecified atom stereocenters. The van der Waals surface area contributed by atoms with E-state index in [1.807, 2.05) is 0 Å². The number of amides is 1. The molecule has 1 aliphatic rings. The SMILES string of the molecule is Cc1cc(NCC2(C(N)=O)CCCC2)n2nc(C(F)(F)F)nc2n1. The van der Waals surface area contributed by atoms with E-state index in [1.54, 1.807) is 13.0 Å². The maximum atomic E-state index is 12.8. The maximum Gasteiger partial charge on any atom is 0.453 e. The average molecular weight is 342 g/mol. The molecular formula is C14H17F3N6O. The zero-order valence-electron chi connectivity index (χ0n) is 13.0. The number of alkyl halides is 3. The Balaban J connectivity index is 1.94. The highest BCUT2D eigenvalue weighted by Crippen LogP contribution is 2.38. The summed E-state index contributed by atoms with van der Waals surface area (Å²) in [7, 11) is 0. The van der Waals surface area contributed by atoms with Gasteiger partial charge in [-0.1, -0.05) is 12.8 Å². The summed E-state index contributed by atoms with van der Waals surface area (Å²) in [6.07, 6.45) is -1.53. The fourth-order valence-electron chi connectivity index (χ4n) is 3.05. The normalized spacial score (nSPS) is 17.3. The van der Waals surface area contributed by atoms with Crippen molar-refractivity contribution in [1.29, 1.82) is 0 Å². The number of carbonyl (C=O) groups is 1. The zero-order valence-corrected chi connectivity index (χ0v) is 13.0. The second-order valence-electron chi connectivity index (χ2n) is 6.13. The predicted octanol–water partition coefficient (Wildman–Crippen LogP) is 1.91. The Kier molecular flexibility index (Phi) is 3.84. The van der Waals surface area contributed by atoms with Crippen LogP contribution in [0, 0.1) is 12.3 Å². The molecular weight excluding hydrogens is 325 g/mol. The molecule has 0 spiro atoms. The first kappa shape index (κ1) is 16.5. The molecule has 0 bridgehead atoms. The molecule has 0 radical (unpaired) electrons. The third-order valence-electron chi connectivity index (χ3n) is 4.39. The lowest BCUT2D eigenvalue weighted by Crippen LogP contribution is -2.40. The highest BCUT2D eigenvalue weighted by molar-refractivity contribution is 5.81. The number of hydrogen-bond acceptors (Lipinski definition) is 5. The Labute approximate surface area is 135 Å². The van der Waals surface area contributed by atoms with Crippen LogP contribution in [0.4, 0.5) is 19.0 Å². The van der Waals surface area contributed by atoms with Crippen LogP contribution in [0.15, 0.2) is 6.07 Å². The predicted molar refractivity (Wildman–Crippen MR) is 79.1 cm³/mol. The first-order valence-corrected chi connectivity index (χ1v) is 7.57. The number of carbonyl (C=O) groups excluding carboxylic acids is 1. The second kappa shape index (κ2) is 5.60. The van der Waals surface area contributed by atoms with Crippen LogP contribution in [0.3, 0.4) is 0 Å². The Morgan fingerprint density at radius 3 is 2.62 bits per heavy atom. The van der Waals surface area contributed by atoms with E-state index in [9.17, 15) is 18.0 Å². The smallest absolute Gasteiger partial charge is 0.369 e. The summed E-state index contributed by atoms with van der Waals surface area (Å²) in [4.78, 5) is 19.2. The van der Waals surface area contributed by atoms with Crippen LogP contribution in [-0.4, -0.2) is 32.0 Å². The van der Waals surface area contributed by atoms with Gasteiger partial charge in [0.05, 0.1) is 5.41 Å². The van der Waals surface area contributed by atoms with Crippen molar-refractivity contribution in [1.82, 2.24) is 19.6 Å². The molecule has 1 fully saturated rings. The van der Waals surface area contributed by atoms with Crippen molar-refractivity contribution >= 4 is 17.5 Å². The number of aromatic nitrogens is 4. The number of halogens is 3. The van der Waals surface area contributed by atoms with Gasteiger partial charge < -0.3 is 11.1 Å². The number of rotatable bonds is 4. The van der Waals surface area contributed by atoms with Crippen LogP contribution < -0.4 is 11.1 Å². The number of anilines is 1. The highest BCUT2D eigenvalue weighted by atomic mass is 19.4. The molecule has 1 aliphatic carbocycles. The zero-order chi connectivity index (χ0) is 17.5. The number of nitrogens with zero attached hydrogens (tertiary/aromatic N) is 4. The summed E-state index contributed by atoms with van der Waals surface area (Å²) in [6, 6.07) is 1.56. The van der Waals surface area contributed by atoms with Crippen LogP contribution in [0.5, 0.6) is 0 Å². The van der Waals surface area contributed by atoms with Gasteiger partial charge in [-0.2, -0.15) is 22.7 Å². The molecule has 0 aliphatic heterocycles. The Morgan fingerprint density at radius 2 is 2.04 bits per heavy atom. The molecule has 1 amide bonds. The van der Waals surface area contributed by atoms with Crippen molar-refractivity contribution in [3.63, 3.8) is 0 Å². The number of aryl methyl sites for hydroxylation is 1. The molecule has 3 rings (SSSR count). The summed E-state index contributed by atoms with van der Waals surface area (Å²) in [6.45, 7) is 1.88. The minimum atomic E-state index is -4.65. The summed E-state index contributed by atoms with van der Waals surface area (Å²) < 4.78 is 39.4. The van der Waals surface area contributed by atoms with Crippen molar-refractivity contribution in [2.24, 2.45) is 11.1 Å². The molecule has 2 heterocycles. The number of nitrogens with one attached hydrogen (secondary N) is 1. The van der Waals surface area contributed by atoms with Crippen LogP contribution in [-0.2, 0) is 11.0 Å². The first-order chi connectivity index (χ1) is 11.2. The Hall–Kier alpha value is -2.39. The minimum absolute atomic E-state index is 0.149. The Bertz CT molecular complexity index is 779. The lowest BCUT2D eigenvalue weighted by molar-refractivity contribution is -0.144. The minimum Gasteiger partial charge on any atom is -0.369 e. The lowest BCUT2D eigenvalue weighted by atomic mass is 9.85. The standard InChI is InChI=1S/C14H17F3N6O/c1-8-6-9(19-7-13(10(18)24)4-2-3-5-13)23-12(20-8)21-11(22-23)14(15,16)17/h6,19H,2-5,7H2,1H3,(H2,18,24). The average Bonchev–Trinajstić information content (AvgIpc) is 3.11. The molecule has 0 atom stereocenters. The molecule has 10 heteroatoms. The van der Waals surface area contributed by atoms with Crippen LogP contribution in [0.1, 0.15) is 37.2 Å². The molecule has 0 saturated heterocycles. The van der Waals surface area contributed by atoms with Crippen molar-refractivity contribution in [3.8, 4) is 0 Å². The number of hydrogen-bond donors (Lipinski definition) is 2. The quantitative estimate of drug-likeness (QED) is 0.884. The first-order valence-electron chi connectivity index (χ1n) is 7.57. The topological polar surface area (TPSA) is 98.2 Å².